The number of Topliss-reactive ketones (excluding diaryl/α,β-unsaturated/α-hetero) is 1. The molecule has 4 rings (SSSR count). The molecule has 196 valence electrons. The number of aliphatic imine (C=N–C) groups is 1. The lowest BCUT2D eigenvalue weighted by molar-refractivity contribution is -0.145. The van der Waals surface area contributed by atoms with Gasteiger partial charge in [0.15, 0.2) is 17.9 Å². The Hall–Kier alpha value is -2.81. The van der Waals surface area contributed by atoms with Gasteiger partial charge in [-0.3, -0.25) is 19.6 Å². The molecule has 10 heteroatoms. The van der Waals surface area contributed by atoms with E-state index in [0.717, 1.165) is 37.7 Å². The Labute approximate surface area is 225 Å². The SMILES string of the molecule is CCOC(=O)[C@H](Cc1ccc(NC(=O)c2c(Cl)cncc2Cl)cc1)N=C1C(OC)C(=O)C12CCCCC2. The second-order valence-corrected chi connectivity index (χ2v) is 10.1. The van der Waals surface area contributed by atoms with Crippen molar-refractivity contribution in [2.75, 3.05) is 19.0 Å². The second-order valence-electron chi connectivity index (χ2n) is 9.24. The Balaban J connectivity index is 1.53. The Bertz CT molecular complexity index is 1190. The maximum atomic E-state index is 12.9. The van der Waals surface area contributed by atoms with Crippen LogP contribution in [-0.2, 0) is 25.5 Å². The first-order chi connectivity index (χ1) is 17.8. The fourth-order valence-electron chi connectivity index (χ4n) is 5.10. The average molecular weight is 546 g/mol. The number of hydrogen-bond acceptors (Lipinski definition) is 7. The van der Waals surface area contributed by atoms with Crippen LogP contribution in [0.5, 0.6) is 0 Å². The first-order valence-corrected chi connectivity index (χ1v) is 13.1. The smallest absolute Gasteiger partial charge is 0.331 e. The lowest BCUT2D eigenvalue weighted by atomic mass is 9.56. The molecule has 0 aliphatic heterocycles. The van der Waals surface area contributed by atoms with Crippen molar-refractivity contribution in [3.63, 3.8) is 0 Å². The first kappa shape index (κ1) is 27.2. The second kappa shape index (κ2) is 11.7. The largest absolute Gasteiger partial charge is 0.464 e. The van der Waals surface area contributed by atoms with Gasteiger partial charge in [-0.05, 0) is 37.5 Å². The third kappa shape index (κ3) is 5.56. The van der Waals surface area contributed by atoms with Crippen LogP contribution in [0.1, 0.15) is 54.9 Å². The van der Waals surface area contributed by atoms with Crippen molar-refractivity contribution < 1.29 is 23.9 Å². The highest BCUT2D eigenvalue weighted by atomic mass is 35.5. The van der Waals surface area contributed by atoms with Crippen LogP contribution in [0.25, 0.3) is 0 Å². The lowest BCUT2D eigenvalue weighted by Gasteiger charge is -2.49. The number of anilines is 1. The summed E-state index contributed by atoms with van der Waals surface area (Å²) in [6, 6.07) is 6.23. The maximum Gasteiger partial charge on any atom is 0.331 e. The van der Waals surface area contributed by atoms with Gasteiger partial charge in [-0.1, -0.05) is 54.6 Å². The van der Waals surface area contributed by atoms with E-state index in [0.29, 0.717) is 11.4 Å². The van der Waals surface area contributed by atoms with E-state index in [4.69, 9.17) is 37.7 Å². The number of carbonyl (C=O) groups is 3. The van der Waals surface area contributed by atoms with E-state index in [-0.39, 0.29) is 34.4 Å². The van der Waals surface area contributed by atoms with Crippen LogP contribution in [0, 0.1) is 5.41 Å². The molecular weight excluding hydrogens is 517 g/mol. The van der Waals surface area contributed by atoms with Crippen molar-refractivity contribution in [1.82, 2.24) is 4.98 Å². The maximum absolute atomic E-state index is 12.9. The monoisotopic (exact) mass is 545 g/mol. The van der Waals surface area contributed by atoms with Gasteiger partial charge in [-0.2, -0.15) is 0 Å². The number of esters is 1. The van der Waals surface area contributed by atoms with Crippen molar-refractivity contribution in [1.29, 1.82) is 0 Å². The van der Waals surface area contributed by atoms with Gasteiger partial charge in [0, 0.05) is 31.6 Å². The first-order valence-electron chi connectivity index (χ1n) is 12.3. The third-order valence-electron chi connectivity index (χ3n) is 6.97. The van der Waals surface area contributed by atoms with E-state index < -0.39 is 29.4 Å². The van der Waals surface area contributed by atoms with E-state index in [1.54, 1.807) is 31.2 Å². The number of hydrogen-bond donors (Lipinski definition) is 1. The molecule has 1 aromatic heterocycles. The van der Waals surface area contributed by atoms with Gasteiger partial charge < -0.3 is 14.8 Å². The molecule has 1 amide bonds. The molecule has 1 unspecified atom stereocenters. The number of nitrogens with zero attached hydrogens (tertiary/aromatic N) is 2. The molecule has 2 atom stereocenters. The van der Waals surface area contributed by atoms with Crippen molar-refractivity contribution in [2.45, 2.75) is 57.6 Å². The number of methoxy groups -OCH3 is 1. The summed E-state index contributed by atoms with van der Waals surface area (Å²) in [4.78, 5) is 47.1. The minimum absolute atomic E-state index is 0.0607. The normalized spacial score (nSPS) is 20.4. The van der Waals surface area contributed by atoms with E-state index >= 15 is 0 Å². The molecule has 1 spiro atoms. The highest BCUT2D eigenvalue weighted by Crippen LogP contribution is 2.48. The minimum Gasteiger partial charge on any atom is -0.464 e. The average Bonchev–Trinajstić information content (AvgIpc) is 2.89. The molecule has 37 heavy (non-hydrogen) atoms. The number of ether oxygens (including phenoxy) is 2. The quantitative estimate of drug-likeness (QED) is 0.462. The van der Waals surface area contributed by atoms with Crippen molar-refractivity contribution in [2.24, 2.45) is 10.4 Å². The van der Waals surface area contributed by atoms with E-state index in [1.165, 1.54) is 19.5 Å². The van der Waals surface area contributed by atoms with Crippen LogP contribution in [0.4, 0.5) is 5.69 Å². The van der Waals surface area contributed by atoms with Crippen LogP contribution in [0.15, 0.2) is 41.7 Å². The zero-order chi connectivity index (χ0) is 26.6. The van der Waals surface area contributed by atoms with E-state index in [9.17, 15) is 14.4 Å². The molecule has 8 nitrogen and oxygen atoms in total. The number of halogens is 2. The molecule has 0 bridgehead atoms. The Morgan fingerprint density at radius 3 is 2.38 bits per heavy atom. The van der Waals surface area contributed by atoms with Gasteiger partial charge in [-0.25, -0.2) is 4.79 Å². The summed E-state index contributed by atoms with van der Waals surface area (Å²) in [5.41, 5.74) is 1.53. The van der Waals surface area contributed by atoms with E-state index in [1.807, 2.05) is 0 Å². The Morgan fingerprint density at radius 1 is 1.14 bits per heavy atom. The van der Waals surface area contributed by atoms with Crippen LogP contribution in [-0.4, -0.2) is 54.2 Å². The summed E-state index contributed by atoms with van der Waals surface area (Å²) < 4.78 is 10.7. The molecule has 2 saturated carbocycles. The van der Waals surface area contributed by atoms with Crippen LogP contribution in [0.3, 0.4) is 0 Å². The zero-order valence-corrected chi connectivity index (χ0v) is 22.3. The van der Waals surface area contributed by atoms with Gasteiger partial charge in [0.25, 0.3) is 5.91 Å². The summed E-state index contributed by atoms with van der Waals surface area (Å²) in [6.07, 6.45) is 6.73. The fraction of sp³-hybridized carbons (Fsp3) is 0.444. The number of rotatable bonds is 8. The molecule has 2 aliphatic rings. The predicted molar refractivity (Wildman–Crippen MR) is 142 cm³/mol. The molecule has 2 fully saturated rings. The molecule has 2 aliphatic carbocycles. The molecule has 1 N–H and O–H groups in total. The summed E-state index contributed by atoms with van der Waals surface area (Å²) in [6.45, 7) is 1.97. The molecule has 0 saturated heterocycles. The topological polar surface area (TPSA) is 107 Å². The number of pyridine rings is 1. The van der Waals surface area contributed by atoms with Crippen LogP contribution in [0.2, 0.25) is 10.0 Å². The number of amides is 1. The van der Waals surface area contributed by atoms with Crippen molar-refractivity contribution >= 4 is 52.3 Å². The minimum atomic E-state index is -0.811. The number of carbonyl (C=O) groups excluding carboxylic acids is 3. The summed E-state index contributed by atoms with van der Waals surface area (Å²) in [5.74, 6) is -0.848. The summed E-state index contributed by atoms with van der Waals surface area (Å²) >= 11 is 12.2. The van der Waals surface area contributed by atoms with Gasteiger partial charge in [-0.15, -0.1) is 0 Å². The highest BCUT2D eigenvalue weighted by Gasteiger charge is 2.60. The van der Waals surface area contributed by atoms with Gasteiger partial charge in [0.2, 0.25) is 0 Å². The van der Waals surface area contributed by atoms with E-state index in [2.05, 4.69) is 10.3 Å². The third-order valence-corrected chi connectivity index (χ3v) is 7.54. The van der Waals surface area contributed by atoms with Gasteiger partial charge >= 0.3 is 5.97 Å². The van der Waals surface area contributed by atoms with Gasteiger partial charge in [0.05, 0.1) is 33.3 Å². The Morgan fingerprint density at radius 2 is 1.78 bits per heavy atom. The van der Waals surface area contributed by atoms with Crippen LogP contribution >= 0.6 is 23.2 Å². The molecule has 0 radical (unpaired) electrons. The fourth-order valence-corrected chi connectivity index (χ4v) is 5.64. The number of ketones is 1. The Kier molecular flexibility index (Phi) is 8.62. The zero-order valence-electron chi connectivity index (χ0n) is 20.8. The highest BCUT2D eigenvalue weighted by molar-refractivity contribution is 6.40. The molecular formula is C27H29Cl2N3O5. The number of nitrogens with one attached hydrogen (secondary N) is 1. The molecule has 1 aromatic carbocycles. The lowest BCUT2D eigenvalue weighted by Crippen LogP contribution is -2.64. The number of aromatic nitrogens is 1. The molecule has 1 heterocycles. The summed E-state index contributed by atoms with van der Waals surface area (Å²) in [5, 5.41) is 3.06. The summed E-state index contributed by atoms with van der Waals surface area (Å²) in [7, 11) is 1.49. The standard InChI is InChI=1S/C27H29Cl2N3O5/c1-3-37-26(35)20(32-23-22(36-2)24(33)27(23)11-5-4-6-12-27)13-16-7-9-17(10-8-16)31-25(34)21-18(28)14-30-15-19(21)29/h7-10,14-15,20,22H,3-6,11-13H2,1-2H3,(H,31,34)/t20-,22?/m0/s1. The predicted octanol–water partition coefficient (Wildman–Crippen LogP) is 5.10. The number of benzene rings is 1. The van der Waals surface area contributed by atoms with Crippen LogP contribution < -0.4 is 5.32 Å². The van der Waals surface area contributed by atoms with Crippen molar-refractivity contribution in [3.05, 3.63) is 57.8 Å². The van der Waals surface area contributed by atoms with Crippen molar-refractivity contribution in [3.8, 4) is 0 Å². The van der Waals surface area contributed by atoms with Gasteiger partial charge in [0.1, 0.15) is 0 Å². The molecule has 2 aromatic rings.